The molecule has 66 valence electrons. The Labute approximate surface area is 68.2 Å². The standard InChI is InChI=1S/C9H18O2/c1-6(2)3-8-7(5-10)4-9(8)11/h6-11H,3-5H2,1-2H3. The first-order valence-electron chi connectivity index (χ1n) is 4.44. The van der Waals surface area contributed by atoms with Crippen molar-refractivity contribution in [2.45, 2.75) is 32.8 Å². The first kappa shape index (κ1) is 9.01. The summed E-state index contributed by atoms with van der Waals surface area (Å²) in [7, 11) is 0. The Hall–Kier alpha value is -0.0800. The zero-order chi connectivity index (χ0) is 8.43. The van der Waals surface area contributed by atoms with Gasteiger partial charge in [0, 0.05) is 6.61 Å². The second-order valence-corrected chi connectivity index (χ2v) is 4.04. The van der Waals surface area contributed by atoms with E-state index in [0.717, 1.165) is 12.8 Å². The van der Waals surface area contributed by atoms with Crippen LogP contribution < -0.4 is 0 Å². The molecule has 2 N–H and O–H groups in total. The fourth-order valence-corrected chi connectivity index (χ4v) is 1.88. The minimum atomic E-state index is -0.144. The summed E-state index contributed by atoms with van der Waals surface area (Å²) in [6.45, 7) is 4.55. The molecule has 3 atom stereocenters. The maximum atomic E-state index is 9.35. The lowest BCUT2D eigenvalue weighted by atomic mass is 9.68. The Balaban J connectivity index is 2.30. The highest BCUT2D eigenvalue weighted by Gasteiger charge is 2.38. The van der Waals surface area contributed by atoms with Crippen LogP contribution in [0.5, 0.6) is 0 Å². The van der Waals surface area contributed by atoms with Gasteiger partial charge in [0.05, 0.1) is 6.10 Å². The predicted octanol–water partition coefficient (Wildman–Crippen LogP) is 1.02. The second kappa shape index (κ2) is 3.55. The van der Waals surface area contributed by atoms with Crippen molar-refractivity contribution in [3.63, 3.8) is 0 Å². The number of hydrogen-bond acceptors (Lipinski definition) is 2. The topological polar surface area (TPSA) is 40.5 Å². The van der Waals surface area contributed by atoms with E-state index in [0.29, 0.717) is 17.8 Å². The fourth-order valence-electron chi connectivity index (χ4n) is 1.88. The van der Waals surface area contributed by atoms with Crippen LogP contribution in [0.1, 0.15) is 26.7 Å². The number of aliphatic hydroxyl groups is 2. The summed E-state index contributed by atoms with van der Waals surface area (Å²) in [5.41, 5.74) is 0. The Morgan fingerprint density at radius 1 is 1.45 bits per heavy atom. The van der Waals surface area contributed by atoms with Gasteiger partial charge in [0.25, 0.3) is 0 Å². The van der Waals surface area contributed by atoms with E-state index >= 15 is 0 Å². The molecular formula is C9H18O2. The molecule has 0 aromatic carbocycles. The Morgan fingerprint density at radius 3 is 2.45 bits per heavy atom. The van der Waals surface area contributed by atoms with Gasteiger partial charge in [-0.3, -0.25) is 0 Å². The van der Waals surface area contributed by atoms with Gasteiger partial charge in [-0.25, -0.2) is 0 Å². The molecule has 0 heterocycles. The molecule has 1 rings (SSSR count). The molecule has 11 heavy (non-hydrogen) atoms. The second-order valence-electron chi connectivity index (χ2n) is 4.04. The lowest BCUT2D eigenvalue weighted by Crippen LogP contribution is -2.43. The van der Waals surface area contributed by atoms with Gasteiger partial charge in [-0.05, 0) is 30.6 Å². The Bertz CT molecular complexity index is 123. The molecule has 1 fully saturated rings. The summed E-state index contributed by atoms with van der Waals surface area (Å²) in [5.74, 6) is 1.36. The molecule has 0 aromatic heterocycles. The molecular weight excluding hydrogens is 140 g/mol. The van der Waals surface area contributed by atoms with E-state index in [-0.39, 0.29) is 12.7 Å². The molecule has 0 aliphatic heterocycles. The van der Waals surface area contributed by atoms with E-state index in [4.69, 9.17) is 5.11 Å². The summed E-state index contributed by atoms with van der Waals surface area (Å²) >= 11 is 0. The van der Waals surface area contributed by atoms with Crippen molar-refractivity contribution >= 4 is 0 Å². The van der Waals surface area contributed by atoms with Crippen molar-refractivity contribution < 1.29 is 10.2 Å². The highest BCUT2D eigenvalue weighted by atomic mass is 16.3. The van der Waals surface area contributed by atoms with Crippen LogP contribution in [0.4, 0.5) is 0 Å². The minimum absolute atomic E-state index is 0.144. The highest BCUT2D eigenvalue weighted by Crippen LogP contribution is 2.38. The number of rotatable bonds is 3. The van der Waals surface area contributed by atoms with E-state index in [1.807, 2.05) is 0 Å². The monoisotopic (exact) mass is 158 g/mol. The first-order chi connectivity index (χ1) is 5.15. The third-order valence-electron chi connectivity index (χ3n) is 2.62. The van der Waals surface area contributed by atoms with Crippen LogP contribution in [-0.2, 0) is 0 Å². The van der Waals surface area contributed by atoms with E-state index < -0.39 is 0 Å². The van der Waals surface area contributed by atoms with Gasteiger partial charge in [-0.1, -0.05) is 13.8 Å². The van der Waals surface area contributed by atoms with Crippen LogP contribution in [0.3, 0.4) is 0 Å². The van der Waals surface area contributed by atoms with Gasteiger partial charge in [-0.15, -0.1) is 0 Å². The smallest absolute Gasteiger partial charge is 0.0575 e. The summed E-state index contributed by atoms with van der Waals surface area (Å²) in [6.07, 6.45) is 1.70. The van der Waals surface area contributed by atoms with Crippen LogP contribution in [-0.4, -0.2) is 22.9 Å². The molecule has 3 unspecified atom stereocenters. The molecule has 2 nitrogen and oxygen atoms in total. The van der Waals surface area contributed by atoms with Crippen LogP contribution in [0, 0.1) is 17.8 Å². The van der Waals surface area contributed by atoms with Gasteiger partial charge in [-0.2, -0.15) is 0 Å². The number of aliphatic hydroxyl groups excluding tert-OH is 2. The molecule has 1 aliphatic carbocycles. The SMILES string of the molecule is CC(C)CC1C(O)CC1CO. The van der Waals surface area contributed by atoms with Crippen LogP contribution in [0.2, 0.25) is 0 Å². The van der Waals surface area contributed by atoms with Crippen LogP contribution in [0.15, 0.2) is 0 Å². The van der Waals surface area contributed by atoms with Gasteiger partial charge in [0.1, 0.15) is 0 Å². The Kier molecular flexibility index (Phi) is 2.90. The van der Waals surface area contributed by atoms with Gasteiger partial charge < -0.3 is 10.2 Å². The average molecular weight is 158 g/mol. The molecule has 1 saturated carbocycles. The van der Waals surface area contributed by atoms with E-state index in [2.05, 4.69) is 13.8 Å². The summed E-state index contributed by atoms with van der Waals surface area (Å²) < 4.78 is 0. The van der Waals surface area contributed by atoms with Crippen molar-refractivity contribution in [3.8, 4) is 0 Å². The molecule has 1 aliphatic rings. The van der Waals surface area contributed by atoms with Crippen molar-refractivity contribution in [3.05, 3.63) is 0 Å². The molecule has 0 bridgehead atoms. The van der Waals surface area contributed by atoms with Crippen LogP contribution in [0.25, 0.3) is 0 Å². The maximum Gasteiger partial charge on any atom is 0.0575 e. The molecule has 0 saturated heterocycles. The zero-order valence-electron chi connectivity index (χ0n) is 7.33. The predicted molar refractivity (Wildman–Crippen MR) is 44.1 cm³/mol. The summed E-state index contributed by atoms with van der Waals surface area (Å²) in [5, 5.41) is 18.2. The normalized spacial score (nSPS) is 37.4. The van der Waals surface area contributed by atoms with Gasteiger partial charge >= 0.3 is 0 Å². The molecule has 2 heteroatoms. The lowest BCUT2D eigenvalue weighted by Gasteiger charge is -2.41. The molecule has 0 spiro atoms. The minimum Gasteiger partial charge on any atom is -0.396 e. The average Bonchev–Trinajstić information content (AvgIpc) is 1.95. The largest absolute Gasteiger partial charge is 0.396 e. The van der Waals surface area contributed by atoms with Crippen molar-refractivity contribution in [1.29, 1.82) is 0 Å². The van der Waals surface area contributed by atoms with Crippen molar-refractivity contribution in [2.24, 2.45) is 17.8 Å². The van der Waals surface area contributed by atoms with Crippen molar-refractivity contribution in [1.82, 2.24) is 0 Å². The molecule has 0 aromatic rings. The van der Waals surface area contributed by atoms with E-state index in [1.165, 1.54) is 0 Å². The third kappa shape index (κ3) is 1.94. The highest BCUT2D eigenvalue weighted by molar-refractivity contribution is 4.88. The summed E-state index contributed by atoms with van der Waals surface area (Å²) in [4.78, 5) is 0. The zero-order valence-corrected chi connectivity index (χ0v) is 7.33. The van der Waals surface area contributed by atoms with E-state index in [9.17, 15) is 5.11 Å². The van der Waals surface area contributed by atoms with Gasteiger partial charge in [0.15, 0.2) is 0 Å². The van der Waals surface area contributed by atoms with Crippen molar-refractivity contribution in [2.75, 3.05) is 6.61 Å². The van der Waals surface area contributed by atoms with E-state index in [1.54, 1.807) is 0 Å². The quantitative estimate of drug-likeness (QED) is 0.644. The maximum absolute atomic E-state index is 9.35. The molecule has 0 amide bonds. The molecule has 0 radical (unpaired) electrons. The van der Waals surface area contributed by atoms with Crippen LogP contribution >= 0.6 is 0 Å². The number of hydrogen-bond donors (Lipinski definition) is 2. The fraction of sp³-hybridized carbons (Fsp3) is 1.00. The first-order valence-corrected chi connectivity index (χ1v) is 4.44. The summed E-state index contributed by atoms with van der Waals surface area (Å²) in [6, 6.07) is 0. The van der Waals surface area contributed by atoms with Gasteiger partial charge in [0.2, 0.25) is 0 Å². The lowest BCUT2D eigenvalue weighted by molar-refractivity contribution is -0.0640. The third-order valence-corrected chi connectivity index (χ3v) is 2.62. The Morgan fingerprint density at radius 2 is 2.09 bits per heavy atom.